The van der Waals surface area contributed by atoms with Gasteiger partial charge in [-0.1, -0.05) is 18.2 Å². The molecule has 126 valence electrons. The highest BCUT2D eigenvalue weighted by Crippen LogP contribution is 2.16. The molecule has 1 aliphatic heterocycles. The average molecular weight is 329 g/mol. The molecule has 24 heavy (non-hydrogen) atoms. The lowest BCUT2D eigenvalue weighted by Gasteiger charge is -2.36. The maximum Gasteiger partial charge on any atom is 0.369 e. The predicted octanol–water partition coefficient (Wildman–Crippen LogP) is 1.44. The van der Waals surface area contributed by atoms with Crippen molar-refractivity contribution in [2.45, 2.75) is 6.04 Å². The number of nitrogens with zero attached hydrogens (tertiary/aromatic N) is 1. The molecule has 5 heteroatoms. The number of nitrogens with one attached hydrogen (secondary N) is 1. The van der Waals surface area contributed by atoms with E-state index in [1.54, 1.807) is 12.1 Å². The third-order valence-electron chi connectivity index (χ3n) is 4.58. The highest BCUT2D eigenvalue weighted by Gasteiger charge is 2.35. The van der Waals surface area contributed by atoms with Gasteiger partial charge in [0.25, 0.3) is 0 Å². The maximum absolute atomic E-state index is 13.2. The predicted molar refractivity (Wildman–Crippen MR) is 90.5 cm³/mol. The molecule has 1 aliphatic rings. The van der Waals surface area contributed by atoms with Gasteiger partial charge in [0, 0.05) is 11.3 Å². The van der Waals surface area contributed by atoms with Gasteiger partial charge in [-0.2, -0.15) is 0 Å². The molecule has 4 nitrogen and oxygen atoms in total. The fraction of sp³-hybridized carbons (Fsp3) is 0.316. The number of hydrogen-bond donors (Lipinski definition) is 1. The molecule has 0 aliphatic carbocycles. The van der Waals surface area contributed by atoms with Gasteiger partial charge in [-0.05, 0) is 36.4 Å². The van der Waals surface area contributed by atoms with Gasteiger partial charge in [-0.25, -0.2) is 9.18 Å². The van der Waals surface area contributed by atoms with Crippen molar-refractivity contribution in [3.8, 4) is 0 Å². The van der Waals surface area contributed by atoms with Crippen LogP contribution in [0.1, 0.15) is 11.6 Å². The van der Waals surface area contributed by atoms with Gasteiger partial charge in [0.1, 0.15) is 5.82 Å². The number of esters is 1. The lowest BCUT2D eigenvalue weighted by atomic mass is 10.0. The first-order valence-electron chi connectivity index (χ1n) is 8.17. The van der Waals surface area contributed by atoms with E-state index >= 15 is 0 Å². The van der Waals surface area contributed by atoms with Crippen LogP contribution in [0.2, 0.25) is 0 Å². The van der Waals surface area contributed by atoms with Crippen molar-refractivity contribution in [3.05, 3.63) is 66.0 Å². The Kier molecular flexibility index (Phi) is 5.11. The first kappa shape index (κ1) is 16.5. The molecule has 0 spiro atoms. The van der Waals surface area contributed by atoms with Crippen LogP contribution in [0.15, 0.2) is 54.6 Å². The number of quaternary nitrogens is 1. The van der Waals surface area contributed by atoms with E-state index < -0.39 is 6.04 Å². The topological polar surface area (TPSA) is 34.0 Å². The molecule has 2 aromatic rings. The number of rotatable bonds is 4. The quantitative estimate of drug-likeness (QED) is 0.862. The number of carbonyl (C=O) groups excluding carboxylic acids is 1. The molecule has 1 heterocycles. The number of halogens is 1. The summed E-state index contributed by atoms with van der Waals surface area (Å²) in [5.41, 5.74) is 2.00. The van der Waals surface area contributed by atoms with Crippen LogP contribution >= 0.6 is 0 Å². The molecule has 0 amide bonds. The van der Waals surface area contributed by atoms with Crippen molar-refractivity contribution >= 4 is 11.7 Å². The molecule has 0 unspecified atom stereocenters. The number of methoxy groups -OCH3 is 1. The molecule has 3 rings (SSSR count). The number of carbonyl (C=O) groups is 1. The normalized spacial score (nSPS) is 16.7. The van der Waals surface area contributed by atoms with Crippen LogP contribution in [0.3, 0.4) is 0 Å². The standard InChI is InChI=1S/C19H21FN2O2/c1-24-19(23)18(15-7-9-16(20)10-8-15)22-13-11-21(12-14-22)17-5-3-2-4-6-17/h2-10,18H,11-14H2,1H3/p+1/t18-/m0/s1. The van der Waals surface area contributed by atoms with E-state index in [1.807, 2.05) is 18.2 Å². The van der Waals surface area contributed by atoms with E-state index in [1.165, 1.54) is 24.9 Å². The lowest BCUT2D eigenvalue weighted by molar-refractivity contribution is -0.923. The highest BCUT2D eigenvalue weighted by atomic mass is 19.1. The summed E-state index contributed by atoms with van der Waals surface area (Å²) in [6.07, 6.45) is 0. The van der Waals surface area contributed by atoms with E-state index in [0.717, 1.165) is 36.6 Å². The molecule has 0 radical (unpaired) electrons. The zero-order valence-electron chi connectivity index (χ0n) is 13.7. The van der Waals surface area contributed by atoms with Gasteiger partial charge in [0.2, 0.25) is 6.04 Å². The van der Waals surface area contributed by atoms with Crippen molar-refractivity contribution in [1.29, 1.82) is 0 Å². The Bertz CT molecular complexity index is 668. The van der Waals surface area contributed by atoms with Crippen molar-refractivity contribution in [2.24, 2.45) is 0 Å². The fourth-order valence-corrected chi connectivity index (χ4v) is 3.29. The Morgan fingerprint density at radius 2 is 1.71 bits per heavy atom. The number of benzene rings is 2. The highest BCUT2D eigenvalue weighted by molar-refractivity contribution is 5.76. The summed E-state index contributed by atoms with van der Waals surface area (Å²) in [5.74, 6) is -0.573. The lowest BCUT2D eigenvalue weighted by Crippen LogP contribution is -3.16. The Morgan fingerprint density at radius 3 is 2.29 bits per heavy atom. The zero-order chi connectivity index (χ0) is 16.9. The van der Waals surface area contributed by atoms with Crippen LogP contribution in [0.25, 0.3) is 0 Å². The molecule has 1 saturated heterocycles. The smallest absolute Gasteiger partial charge is 0.369 e. The molecular weight excluding hydrogens is 307 g/mol. The fourth-order valence-electron chi connectivity index (χ4n) is 3.29. The van der Waals surface area contributed by atoms with Crippen LogP contribution in [0.5, 0.6) is 0 Å². The zero-order valence-corrected chi connectivity index (χ0v) is 13.7. The first-order valence-corrected chi connectivity index (χ1v) is 8.17. The second-order valence-electron chi connectivity index (χ2n) is 5.99. The van der Waals surface area contributed by atoms with Crippen molar-refractivity contribution in [1.82, 2.24) is 0 Å². The third kappa shape index (κ3) is 3.57. The van der Waals surface area contributed by atoms with Gasteiger partial charge >= 0.3 is 5.97 Å². The molecule has 1 N–H and O–H groups in total. The minimum absolute atomic E-state index is 0.273. The largest absolute Gasteiger partial charge is 0.464 e. The monoisotopic (exact) mass is 329 g/mol. The minimum Gasteiger partial charge on any atom is -0.464 e. The van der Waals surface area contributed by atoms with Gasteiger partial charge in [-0.15, -0.1) is 0 Å². The van der Waals surface area contributed by atoms with Gasteiger partial charge in [0.05, 0.1) is 33.3 Å². The van der Waals surface area contributed by atoms with Crippen LogP contribution in [-0.4, -0.2) is 39.3 Å². The third-order valence-corrected chi connectivity index (χ3v) is 4.58. The molecule has 0 aromatic heterocycles. The molecule has 2 aromatic carbocycles. The van der Waals surface area contributed by atoms with Crippen molar-refractivity contribution in [3.63, 3.8) is 0 Å². The second kappa shape index (κ2) is 7.45. The summed E-state index contributed by atoms with van der Waals surface area (Å²) in [5, 5.41) is 0. The summed E-state index contributed by atoms with van der Waals surface area (Å²) in [6.45, 7) is 3.39. The summed E-state index contributed by atoms with van der Waals surface area (Å²) in [6, 6.07) is 16.0. The minimum atomic E-state index is -0.409. The van der Waals surface area contributed by atoms with Crippen LogP contribution in [-0.2, 0) is 9.53 Å². The molecular formula is C19H22FN2O2+. The van der Waals surface area contributed by atoms with E-state index in [4.69, 9.17) is 4.74 Å². The number of anilines is 1. The number of ether oxygens (including phenoxy) is 1. The van der Waals surface area contributed by atoms with Crippen LogP contribution in [0.4, 0.5) is 10.1 Å². The Labute approximate surface area is 141 Å². The molecule has 1 fully saturated rings. The summed E-state index contributed by atoms with van der Waals surface area (Å²) in [7, 11) is 1.40. The van der Waals surface area contributed by atoms with Gasteiger partial charge in [-0.3, -0.25) is 0 Å². The van der Waals surface area contributed by atoms with Crippen LogP contribution < -0.4 is 9.80 Å². The summed E-state index contributed by atoms with van der Waals surface area (Å²) >= 11 is 0. The van der Waals surface area contributed by atoms with Crippen molar-refractivity contribution in [2.75, 3.05) is 38.2 Å². The SMILES string of the molecule is COC(=O)[C@H](c1ccc(F)cc1)[NH+]1CCN(c2ccccc2)CC1. The first-order chi connectivity index (χ1) is 11.7. The van der Waals surface area contributed by atoms with Gasteiger partial charge in [0.15, 0.2) is 0 Å². The number of piperazine rings is 1. The molecule has 0 bridgehead atoms. The molecule has 0 saturated carbocycles. The molecule has 1 atom stereocenters. The Balaban J connectivity index is 1.73. The maximum atomic E-state index is 13.2. The summed E-state index contributed by atoms with van der Waals surface area (Å²) < 4.78 is 18.2. The Hall–Kier alpha value is -2.40. The average Bonchev–Trinajstić information content (AvgIpc) is 2.64. The Morgan fingerprint density at radius 1 is 1.08 bits per heavy atom. The number of hydrogen-bond acceptors (Lipinski definition) is 3. The second-order valence-corrected chi connectivity index (χ2v) is 5.99. The van der Waals surface area contributed by atoms with E-state index in [0.29, 0.717) is 0 Å². The van der Waals surface area contributed by atoms with Crippen molar-refractivity contribution < 1.29 is 18.8 Å². The number of para-hydroxylation sites is 1. The van der Waals surface area contributed by atoms with E-state index in [-0.39, 0.29) is 11.8 Å². The van der Waals surface area contributed by atoms with Crippen LogP contribution in [0, 0.1) is 5.82 Å². The summed E-state index contributed by atoms with van der Waals surface area (Å²) in [4.78, 5) is 15.8. The van der Waals surface area contributed by atoms with Gasteiger partial charge < -0.3 is 14.5 Å². The van der Waals surface area contributed by atoms with E-state index in [2.05, 4.69) is 17.0 Å². The van der Waals surface area contributed by atoms with E-state index in [9.17, 15) is 9.18 Å².